The topological polar surface area (TPSA) is 256 Å². The van der Waals surface area contributed by atoms with Gasteiger partial charge >= 0.3 is 17.9 Å². The lowest BCUT2D eigenvalue weighted by Crippen LogP contribution is -2.61. The van der Waals surface area contributed by atoms with E-state index in [1.165, 1.54) is 21.1 Å². The maximum absolute atomic E-state index is 14.6. The first-order chi connectivity index (χ1) is 36.6. The van der Waals surface area contributed by atoms with E-state index in [9.17, 15) is 39.6 Å². The van der Waals surface area contributed by atoms with Gasteiger partial charge in [-0.2, -0.15) is 0 Å². The van der Waals surface area contributed by atoms with Crippen LogP contribution in [0, 0.1) is 17.8 Å². The highest BCUT2D eigenvalue weighted by atomic mass is 16.7. The maximum Gasteiger partial charge on any atom is 0.343 e. The zero-order valence-electron chi connectivity index (χ0n) is 48.8. The van der Waals surface area contributed by atoms with Crippen LogP contribution in [0.25, 0.3) is 10.9 Å². The number of ether oxygens (including phenoxy) is 9. The second kappa shape index (κ2) is 26.4. The van der Waals surface area contributed by atoms with Gasteiger partial charge in [0.2, 0.25) is 5.43 Å². The van der Waals surface area contributed by atoms with E-state index in [-0.39, 0.29) is 68.6 Å². The Bertz CT molecular complexity index is 2400. The number of nitrogens with one attached hydrogen (secondary N) is 1. The summed E-state index contributed by atoms with van der Waals surface area (Å²) in [6.45, 7) is 18.5. The number of methoxy groups -OCH3 is 2. The number of aliphatic hydroxyl groups is 4. The maximum atomic E-state index is 14.6. The van der Waals surface area contributed by atoms with E-state index in [1.54, 1.807) is 60.7 Å². The molecule has 0 unspecified atom stereocenters. The molecular formula is C57H92N4O17. The number of aromatic nitrogens is 1. The number of hydrogen-bond donors (Lipinski definition) is 5. The second-order valence-corrected chi connectivity index (χ2v) is 23.7. The number of pyridine rings is 1. The molecule has 3 saturated heterocycles. The minimum atomic E-state index is -1.87. The summed E-state index contributed by atoms with van der Waals surface area (Å²) in [5, 5.41) is 51.8. The summed E-state index contributed by atoms with van der Waals surface area (Å²) in [6.07, 6.45) is -5.74. The number of likely N-dealkylation sites (N-methyl/N-ethyl adjacent to an activating group) is 2. The number of rotatable bonds is 17. The predicted octanol–water partition coefficient (Wildman–Crippen LogP) is 4.41. The molecule has 5 N–H and O–H groups in total. The van der Waals surface area contributed by atoms with Crippen molar-refractivity contribution >= 4 is 34.5 Å². The SMILES string of the molecule is CC[C@H]1OC(=O)[C@H](C)[C@@H](O[C@H]2C[C@@](C)(OC)[C@@H](OC(=O)CCOCCNc3ccc4c(c3)c(=O)c(C(=O)OC)cn4C3CC3)[C@H](C)O2)[C@H](C)[C@@H](O[C@@H]2O[C@H](C)C[C@H](N(C)C)[C@H]2O)[C@](C)(O)C[C@@H](C)CN(C)[C@H](C)[C@@H](O)[C@]1(C)O. The number of anilines is 1. The van der Waals surface area contributed by atoms with Gasteiger partial charge in [-0.3, -0.25) is 14.4 Å². The molecule has 78 heavy (non-hydrogen) atoms. The molecule has 0 bridgehead atoms. The van der Waals surface area contributed by atoms with E-state index < -0.39 is 113 Å². The number of hydrogen-bond acceptors (Lipinski definition) is 20. The summed E-state index contributed by atoms with van der Waals surface area (Å²) < 4.78 is 57.5. The van der Waals surface area contributed by atoms with Crippen molar-refractivity contribution < 1.29 is 77.4 Å². The van der Waals surface area contributed by atoms with Crippen LogP contribution in [0.1, 0.15) is 131 Å². The molecule has 4 fully saturated rings. The van der Waals surface area contributed by atoms with Crippen molar-refractivity contribution in [1.29, 1.82) is 0 Å². The molecule has 18 atom stereocenters. The lowest BCUT2D eigenvalue weighted by Gasteiger charge is -2.49. The highest BCUT2D eigenvalue weighted by Gasteiger charge is 2.54. The van der Waals surface area contributed by atoms with Gasteiger partial charge in [0.1, 0.15) is 35.1 Å². The van der Waals surface area contributed by atoms with Crippen molar-refractivity contribution in [2.24, 2.45) is 17.8 Å². The van der Waals surface area contributed by atoms with E-state index in [2.05, 4.69) is 5.32 Å². The third kappa shape index (κ3) is 14.6. The van der Waals surface area contributed by atoms with Gasteiger partial charge in [0.25, 0.3) is 0 Å². The molecule has 2 aromatic rings. The molecule has 0 radical (unpaired) electrons. The third-order valence-electron chi connectivity index (χ3n) is 16.8. The van der Waals surface area contributed by atoms with Crippen LogP contribution in [-0.4, -0.2) is 205 Å². The quantitative estimate of drug-likeness (QED) is 0.0836. The number of cyclic esters (lactones) is 1. The van der Waals surface area contributed by atoms with Crippen molar-refractivity contribution in [3.05, 3.63) is 40.2 Å². The molecule has 1 saturated carbocycles. The van der Waals surface area contributed by atoms with Gasteiger partial charge in [0.15, 0.2) is 18.7 Å². The fourth-order valence-electron chi connectivity index (χ4n) is 12.0. The Morgan fingerprint density at radius 1 is 0.936 bits per heavy atom. The number of fused-ring (bicyclic) bond motifs is 1. The molecule has 3 aliphatic heterocycles. The molecule has 1 aromatic heterocycles. The molecule has 21 heteroatoms. The first-order valence-corrected chi connectivity index (χ1v) is 27.9. The lowest BCUT2D eigenvalue weighted by atomic mass is 9.77. The highest BCUT2D eigenvalue weighted by Crippen LogP contribution is 2.42. The smallest absolute Gasteiger partial charge is 0.343 e. The summed E-state index contributed by atoms with van der Waals surface area (Å²) in [7, 11) is 8.32. The Kier molecular flexibility index (Phi) is 21.4. The van der Waals surface area contributed by atoms with Crippen LogP contribution in [0.3, 0.4) is 0 Å². The Morgan fingerprint density at radius 3 is 2.26 bits per heavy atom. The van der Waals surface area contributed by atoms with Crippen LogP contribution in [0.2, 0.25) is 0 Å². The second-order valence-electron chi connectivity index (χ2n) is 23.7. The Hall–Kier alpha value is -3.84. The van der Waals surface area contributed by atoms with Gasteiger partial charge in [-0.05, 0) is 126 Å². The van der Waals surface area contributed by atoms with E-state index >= 15 is 0 Å². The summed E-state index contributed by atoms with van der Waals surface area (Å²) >= 11 is 0. The van der Waals surface area contributed by atoms with E-state index in [0.717, 1.165) is 18.4 Å². The predicted molar refractivity (Wildman–Crippen MR) is 290 cm³/mol. The first-order valence-electron chi connectivity index (χ1n) is 27.9. The minimum absolute atomic E-state index is 0.0155. The largest absolute Gasteiger partial charge is 0.465 e. The Balaban J connectivity index is 1.17. The van der Waals surface area contributed by atoms with Crippen LogP contribution in [0.4, 0.5) is 5.69 Å². The van der Waals surface area contributed by atoms with Gasteiger partial charge in [0, 0.05) is 67.9 Å². The van der Waals surface area contributed by atoms with Gasteiger partial charge in [-0.25, -0.2) is 4.79 Å². The summed E-state index contributed by atoms with van der Waals surface area (Å²) in [4.78, 5) is 57.6. The molecule has 0 amide bonds. The molecular weight excluding hydrogens is 1010 g/mol. The number of esters is 3. The zero-order chi connectivity index (χ0) is 57.8. The molecule has 6 rings (SSSR count). The standard InChI is InChI=1S/C57H92N4O17/c1-16-43-57(10,69)49(65)35(6)60(13)29-31(2)27-55(8,68)50(78-54-47(64)42(59(11)12)25-32(3)73-54)33(4)48(34(5)52(66)75-43)77-45-28-56(9,71-15)51(36(7)74-45)76-44(62)21-23-72-24-22-58-37-17-20-41-39(26-37)46(63)40(53(67)70-14)30-61(41)38-18-19-38/h17,20,26,30-36,38,42-43,45,47-51,54,58,64-65,68-69H,16,18-19,21-25,27-29H2,1-15H3/t31-,32-,33+,34-,35-,36+,42+,43-,45+,47-,48+,49-,50-,51+,54+,55-,56-,57-/m1/s1. The number of nitrogens with zero attached hydrogens (tertiary/aromatic N) is 3. The molecule has 1 aliphatic carbocycles. The molecule has 0 spiro atoms. The highest BCUT2D eigenvalue weighted by molar-refractivity contribution is 5.94. The van der Waals surface area contributed by atoms with Crippen LogP contribution in [-0.2, 0) is 52.2 Å². The van der Waals surface area contributed by atoms with Crippen molar-refractivity contribution in [1.82, 2.24) is 14.4 Å². The van der Waals surface area contributed by atoms with E-state index in [1.807, 2.05) is 61.5 Å². The molecule has 1 aromatic carbocycles. The van der Waals surface area contributed by atoms with Crippen molar-refractivity contribution in [3.63, 3.8) is 0 Å². The van der Waals surface area contributed by atoms with E-state index in [4.69, 9.17) is 42.6 Å². The Morgan fingerprint density at radius 2 is 1.63 bits per heavy atom. The van der Waals surface area contributed by atoms with Crippen LogP contribution < -0.4 is 10.7 Å². The lowest BCUT2D eigenvalue weighted by molar-refractivity contribution is -0.318. The van der Waals surface area contributed by atoms with E-state index in [0.29, 0.717) is 30.6 Å². The summed E-state index contributed by atoms with van der Waals surface area (Å²) in [5.41, 5.74) is -3.70. The normalized spacial score (nSPS) is 37.8. The van der Waals surface area contributed by atoms with Gasteiger partial charge in [-0.1, -0.05) is 20.8 Å². The molecule has 442 valence electrons. The average molecular weight is 1110 g/mol. The summed E-state index contributed by atoms with van der Waals surface area (Å²) in [6, 6.07) is 4.74. The van der Waals surface area contributed by atoms with Crippen LogP contribution in [0.15, 0.2) is 29.2 Å². The Labute approximate surface area is 460 Å². The van der Waals surface area contributed by atoms with Crippen LogP contribution >= 0.6 is 0 Å². The van der Waals surface area contributed by atoms with Crippen molar-refractivity contribution in [3.8, 4) is 0 Å². The van der Waals surface area contributed by atoms with Gasteiger partial charge in [-0.15, -0.1) is 0 Å². The minimum Gasteiger partial charge on any atom is -0.465 e. The number of carbonyl (C=O) groups is 3. The monoisotopic (exact) mass is 1100 g/mol. The summed E-state index contributed by atoms with van der Waals surface area (Å²) in [5.74, 6) is -4.12. The van der Waals surface area contributed by atoms with Crippen molar-refractivity contribution in [2.75, 3.05) is 67.0 Å². The number of aliphatic hydroxyl groups excluding tert-OH is 2. The fourth-order valence-corrected chi connectivity index (χ4v) is 12.0. The molecule has 21 nitrogen and oxygen atoms in total. The van der Waals surface area contributed by atoms with Gasteiger partial charge < -0.3 is 82.7 Å². The first kappa shape index (κ1) is 63.3. The van der Waals surface area contributed by atoms with Crippen molar-refractivity contribution in [2.45, 2.75) is 211 Å². The average Bonchev–Trinajstić information content (AvgIpc) is 4.28. The number of carbonyl (C=O) groups excluding carboxylic acids is 3. The zero-order valence-corrected chi connectivity index (χ0v) is 48.8. The fraction of sp³-hybridized carbons (Fsp3) is 0.789. The van der Waals surface area contributed by atoms with Crippen LogP contribution in [0.5, 0.6) is 0 Å². The molecule has 4 heterocycles. The third-order valence-corrected chi connectivity index (χ3v) is 16.8. The van der Waals surface area contributed by atoms with Gasteiger partial charge in [0.05, 0.1) is 68.2 Å². The molecule has 4 aliphatic rings. The number of benzene rings is 1.